The largest absolute Gasteiger partial charge is 0.366 e. The molecule has 2 aromatic carbocycles. The molecule has 0 bridgehead atoms. The minimum Gasteiger partial charge on any atom is -0.366 e. The Hall–Kier alpha value is -1.72. The summed E-state index contributed by atoms with van der Waals surface area (Å²) in [7, 11) is 0. The van der Waals surface area contributed by atoms with E-state index in [0.717, 1.165) is 10.0 Å². The fourth-order valence-corrected chi connectivity index (χ4v) is 2.44. The Morgan fingerprint density at radius 2 is 2.10 bits per heavy atom. The topological polar surface area (TPSA) is 55.1 Å². The van der Waals surface area contributed by atoms with E-state index in [0.29, 0.717) is 17.7 Å². The average molecular weight is 351 g/mol. The summed E-state index contributed by atoms with van der Waals surface area (Å²) in [6, 6.07) is 12.1. The molecule has 2 aromatic rings. The van der Waals surface area contributed by atoms with Gasteiger partial charge in [-0.3, -0.25) is 4.79 Å². The number of carbonyl (C=O) groups is 1. The van der Waals surface area contributed by atoms with Gasteiger partial charge >= 0.3 is 0 Å². The summed E-state index contributed by atoms with van der Waals surface area (Å²) in [4.78, 5) is 11.1. The van der Waals surface area contributed by atoms with Crippen LogP contribution >= 0.6 is 15.9 Å². The van der Waals surface area contributed by atoms with Gasteiger partial charge in [0.25, 0.3) is 0 Å². The summed E-state index contributed by atoms with van der Waals surface area (Å²) in [5.74, 6) is -0.912. The fourth-order valence-electron chi connectivity index (χ4n) is 2.02. The molecule has 0 aliphatic heterocycles. The molecule has 0 heterocycles. The van der Waals surface area contributed by atoms with Crippen molar-refractivity contribution < 1.29 is 9.18 Å². The van der Waals surface area contributed by atoms with E-state index >= 15 is 0 Å². The SMILES string of the molecule is C[C@H](NCc1cc(C(N)=O)ccc1F)c1cccc(Br)c1. The smallest absolute Gasteiger partial charge is 0.248 e. The van der Waals surface area contributed by atoms with Gasteiger partial charge in [0.1, 0.15) is 5.82 Å². The molecule has 3 N–H and O–H groups in total. The molecule has 2 rings (SSSR count). The highest BCUT2D eigenvalue weighted by atomic mass is 79.9. The molecule has 0 saturated carbocycles. The molecular weight excluding hydrogens is 335 g/mol. The normalized spacial score (nSPS) is 12.1. The van der Waals surface area contributed by atoms with Gasteiger partial charge in [0, 0.05) is 28.2 Å². The van der Waals surface area contributed by atoms with E-state index < -0.39 is 5.91 Å². The van der Waals surface area contributed by atoms with E-state index in [-0.39, 0.29) is 11.9 Å². The molecule has 3 nitrogen and oxygen atoms in total. The van der Waals surface area contributed by atoms with Crippen molar-refractivity contribution in [1.82, 2.24) is 5.32 Å². The number of hydrogen-bond acceptors (Lipinski definition) is 2. The van der Waals surface area contributed by atoms with Crippen LogP contribution in [0.4, 0.5) is 4.39 Å². The molecule has 1 amide bonds. The number of halogens is 2. The summed E-state index contributed by atoms with van der Waals surface area (Å²) in [6.45, 7) is 2.32. The van der Waals surface area contributed by atoms with Gasteiger partial charge in [0.2, 0.25) is 5.91 Å². The molecule has 110 valence electrons. The van der Waals surface area contributed by atoms with Crippen molar-refractivity contribution >= 4 is 21.8 Å². The van der Waals surface area contributed by atoms with Crippen molar-refractivity contribution in [3.05, 3.63) is 69.4 Å². The van der Waals surface area contributed by atoms with Gasteiger partial charge in [0.15, 0.2) is 0 Å². The molecule has 1 atom stereocenters. The van der Waals surface area contributed by atoms with Crippen LogP contribution in [0.5, 0.6) is 0 Å². The minimum atomic E-state index is -0.559. The Morgan fingerprint density at radius 3 is 2.76 bits per heavy atom. The van der Waals surface area contributed by atoms with Gasteiger partial charge in [-0.15, -0.1) is 0 Å². The van der Waals surface area contributed by atoms with Crippen LogP contribution in [0.1, 0.15) is 34.5 Å². The van der Waals surface area contributed by atoms with E-state index in [9.17, 15) is 9.18 Å². The monoisotopic (exact) mass is 350 g/mol. The fraction of sp³-hybridized carbons (Fsp3) is 0.188. The molecule has 21 heavy (non-hydrogen) atoms. The number of rotatable bonds is 5. The molecular formula is C16H16BrFN2O. The Bertz CT molecular complexity index is 660. The zero-order chi connectivity index (χ0) is 15.4. The molecule has 0 saturated heterocycles. The van der Waals surface area contributed by atoms with Crippen molar-refractivity contribution in [1.29, 1.82) is 0 Å². The van der Waals surface area contributed by atoms with Crippen molar-refractivity contribution in [3.63, 3.8) is 0 Å². The number of carbonyl (C=O) groups excluding carboxylic acids is 1. The first-order valence-electron chi connectivity index (χ1n) is 6.54. The molecule has 0 aliphatic carbocycles. The van der Waals surface area contributed by atoms with Gasteiger partial charge < -0.3 is 11.1 Å². The van der Waals surface area contributed by atoms with Crippen molar-refractivity contribution in [2.45, 2.75) is 19.5 Å². The Kier molecular flexibility index (Phi) is 5.09. The summed E-state index contributed by atoms with van der Waals surface area (Å²) in [6.07, 6.45) is 0. The molecule has 0 radical (unpaired) electrons. The van der Waals surface area contributed by atoms with Gasteiger partial charge in [-0.2, -0.15) is 0 Å². The second kappa shape index (κ2) is 6.83. The van der Waals surface area contributed by atoms with Crippen molar-refractivity contribution in [2.24, 2.45) is 5.73 Å². The van der Waals surface area contributed by atoms with Crippen LogP contribution in [0.25, 0.3) is 0 Å². The second-order valence-corrected chi connectivity index (χ2v) is 5.74. The molecule has 0 aromatic heterocycles. The maximum Gasteiger partial charge on any atom is 0.248 e. The van der Waals surface area contributed by atoms with Crippen LogP contribution in [0.15, 0.2) is 46.9 Å². The lowest BCUT2D eigenvalue weighted by Gasteiger charge is -2.15. The van der Waals surface area contributed by atoms with Gasteiger partial charge in [-0.25, -0.2) is 4.39 Å². The van der Waals surface area contributed by atoms with E-state index in [1.807, 2.05) is 31.2 Å². The number of nitrogens with one attached hydrogen (secondary N) is 1. The maximum atomic E-state index is 13.8. The zero-order valence-corrected chi connectivity index (χ0v) is 13.2. The Labute approximate surface area is 131 Å². The first kappa shape index (κ1) is 15.7. The standard InChI is InChI=1S/C16H16BrFN2O/c1-10(11-3-2-4-14(17)8-11)20-9-13-7-12(16(19)21)5-6-15(13)18/h2-8,10,20H,9H2,1H3,(H2,19,21)/t10-/m0/s1. The first-order chi connectivity index (χ1) is 9.97. The lowest BCUT2D eigenvalue weighted by atomic mass is 10.1. The van der Waals surface area contributed by atoms with E-state index in [4.69, 9.17) is 5.73 Å². The van der Waals surface area contributed by atoms with Crippen LogP contribution < -0.4 is 11.1 Å². The predicted octanol–water partition coefficient (Wildman–Crippen LogP) is 3.54. The van der Waals surface area contributed by atoms with Crippen LogP contribution in [0.2, 0.25) is 0 Å². The average Bonchev–Trinajstić information content (AvgIpc) is 2.45. The van der Waals surface area contributed by atoms with Crippen molar-refractivity contribution in [3.8, 4) is 0 Å². The molecule has 5 heteroatoms. The van der Waals surface area contributed by atoms with E-state index in [1.54, 1.807) is 0 Å². The van der Waals surface area contributed by atoms with Gasteiger partial charge in [-0.05, 0) is 42.8 Å². The van der Waals surface area contributed by atoms with Gasteiger partial charge in [-0.1, -0.05) is 28.1 Å². The minimum absolute atomic E-state index is 0.0548. The van der Waals surface area contributed by atoms with E-state index in [1.165, 1.54) is 18.2 Å². The summed E-state index contributed by atoms with van der Waals surface area (Å²) < 4.78 is 14.7. The van der Waals surface area contributed by atoms with Crippen molar-refractivity contribution in [2.75, 3.05) is 0 Å². The van der Waals surface area contributed by atoms with Gasteiger partial charge in [0.05, 0.1) is 0 Å². The molecule has 0 unspecified atom stereocenters. The number of primary amides is 1. The molecule has 0 fully saturated rings. The summed E-state index contributed by atoms with van der Waals surface area (Å²) in [5, 5.41) is 3.24. The summed E-state index contributed by atoms with van der Waals surface area (Å²) >= 11 is 3.42. The quantitative estimate of drug-likeness (QED) is 0.866. The van der Waals surface area contributed by atoms with Crippen LogP contribution in [-0.4, -0.2) is 5.91 Å². The number of benzene rings is 2. The van der Waals surface area contributed by atoms with E-state index in [2.05, 4.69) is 21.2 Å². The first-order valence-corrected chi connectivity index (χ1v) is 7.33. The predicted molar refractivity (Wildman–Crippen MR) is 84.3 cm³/mol. The summed E-state index contributed by atoms with van der Waals surface area (Å²) in [5.41, 5.74) is 7.04. The number of nitrogens with two attached hydrogens (primary N) is 1. The zero-order valence-electron chi connectivity index (χ0n) is 11.6. The third-order valence-electron chi connectivity index (χ3n) is 3.28. The lowest BCUT2D eigenvalue weighted by molar-refractivity contribution is 0.1000. The number of hydrogen-bond donors (Lipinski definition) is 2. The Morgan fingerprint density at radius 1 is 1.33 bits per heavy atom. The van der Waals surface area contributed by atoms with Crippen LogP contribution in [0.3, 0.4) is 0 Å². The molecule has 0 spiro atoms. The highest BCUT2D eigenvalue weighted by Crippen LogP contribution is 2.19. The Balaban J connectivity index is 2.09. The van der Waals surface area contributed by atoms with Crippen LogP contribution in [-0.2, 0) is 6.54 Å². The third-order valence-corrected chi connectivity index (χ3v) is 3.77. The third kappa shape index (κ3) is 4.12. The van der Waals surface area contributed by atoms with Crippen LogP contribution in [0, 0.1) is 5.82 Å². The highest BCUT2D eigenvalue weighted by molar-refractivity contribution is 9.10. The maximum absolute atomic E-state index is 13.8. The lowest BCUT2D eigenvalue weighted by Crippen LogP contribution is -2.19. The highest BCUT2D eigenvalue weighted by Gasteiger charge is 2.10. The second-order valence-electron chi connectivity index (χ2n) is 4.83. The number of amides is 1. The molecule has 0 aliphatic rings.